The maximum absolute atomic E-state index is 12.4. The van der Waals surface area contributed by atoms with Crippen molar-refractivity contribution in [1.82, 2.24) is 4.98 Å². The molecule has 0 fully saturated rings. The molecule has 0 unspecified atom stereocenters. The van der Waals surface area contributed by atoms with E-state index in [-0.39, 0.29) is 16.5 Å². The van der Waals surface area contributed by atoms with Crippen LogP contribution in [0.5, 0.6) is 5.75 Å². The molecule has 2 rings (SSSR count). The zero-order valence-electron chi connectivity index (χ0n) is 10.6. The van der Waals surface area contributed by atoms with Crippen molar-refractivity contribution in [2.45, 2.75) is 26.1 Å². The van der Waals surface area contributed by atoms with Crippen molar-refractivity contribution in [3.05, 3.63) is 39.1 Å². The Morgan fingerprint density at radius 3 is 2.45 bits per heavy atom. The number of nitrogens with one attached hydrogen (secondary N) is 1. The number of hydrogen-bond donors (Lipinski definition) is 1. The van der Waals surface area contributed by atoms with E-state index in [1.165, 1.54) is 12.1 Å². The number of pyridine rings is 1. The molecule has 7 heteroatoms. The third-order valence-electron chi connectivity index (χ3n) is 2.76. The predicted molar refractivity (Wildman–Crippen MR) is 70.4 cm³/mol. The summed E-state index contributed by atoms with van der Waals surface area (Å²) in [4.78, 5) is 14.3. The average molecular weight is 306 g/mol. The summed E-state index contributed by atoms with van der Waals surface area (Å²) < 4.78 is 41.0. The minimum atomic E-state index is -4.86. The Morgan fingerprint density at radius 2 is 1.90 bits per heavy atom. The van der Waals surface area contributed by atoms with Gasteiger partial charge in [0.05, 0.1) is 5.52 Å². The van der Waals surface area contributed by atoms with Crippen molar-refractivity contribution in [3.63, 3.8) is 0 Å². The van der Waals surface area contributed by atoms with E-state index in [0.29, 0.717) is 10.9 Å². The van der Waals surface area contributed by atoms with Gasteiger partial charge in [-0.3, -0.25) is 4.79 Å². The average Bonchev–Trinajstić information content (AvgIpc) is 2.26. The fourth-order valence-electron chi connectivity index (χ4n) is 1.90. The smallest absolute Gasteiger partial charge is 0.403 e. The van der Waals surface area contributed by atoms with Crippen LogP contribution in [-0.4, -0.2) is 11.3 Å². The van der Waals surface area contributed by atoms with Crippen LogP contribution in [-0.2, 0) is 0 Å². The van der Waals surface area contributed by atoms with Crippen molar-refractivity contribution in [1.29, 1.82) is 0 Å². The summed E-state index contributed by atoms with van der Waals surface area (Å²) in [5, 5.41) is 0.485. The molecule has 20 heavy (non-hydrogen) atoms. The third kappa shape index (κ3) is 3.07. The summed E-state index contributed by atoms with van der Waals surface area (Å²) >= 11 is 5.79. The highest BCUT2D eigenvalue weighted by molar-refractivity contribution is 6.31. The number of aromatic nitrogens is 1. The van der Waals surface area contributed by atoms with Crippen LogP contribution in [0.2, 0.25) is 5.02 Å². The second kappa shape index (κ2) is 5.01. The fourth-order valence-corrected chi connectivity index (χ4v) is 2.12. The molecule has 1 heterocycles. The molecular formula is C13H11ClF3NO2. The summed E-state index contributed by atoms with van der Waals surface area (Å²) in [5.74, 6) is -0.582. The highest BCUT2D eigenvalue weighted by Gasteiger charge is 2.32. The predicted octanol–water partition coefficient (Wildman–Crippen LogP) is 4.20. The first kappa shape index (κ1) is 14.7. The molecule has 0 spiro atoms. The molecule has 0 aliphatic rings. The van der Waals surface area contributed by atoms with Crippen LogP contribution in [0.4, 0.5) is 13.2 Å². The van der Waals surface area contributed by atoms with Crippen molar-refractivity contribution >= 4 is 22.5 Å². The Bertz CT molecular complexity index is 707. The van der Waals surface area contributed by atoms with E-state index in [4.69, 9.17) is 11.6 Å². The van der Waals surface area contributed by atoms with Gasteiger partial charge in [-0.15, -0.1) is 13.2 Å². The summed E-state index contributed by atoms with van der Waals surface area (Å²) in [7, 11) is 0. The monoisotopic (exact) mass is 305 g/mol. The third-order valence-corrected chi connectivity index (χ3v) is 2.98. The Balaban J connectivity index is 2.71. The van der Waals surface area contributed by atoms with Crippen molar-refractivity contribution in [2.24, 2.45) is 0 Å². The van der Waals surface area contributed by atoms with Crippen LogP contribution >= 0.6 is 11.6 Å². The Hall–Kier alpha value is -1.69. The van der Waals surface area contributed by atoms with Crippen molar-refractivity contribution in [2.75, 3.05) is 0 Å². The van der Waals surface area contributed by atoms with Crippen LogP contribution < -0.4 is 10.3 Å². The van der Waals surface area contributed by atoms with E-state index < -0.39 is 17.7 Å². The minimum Gasteiger partial charge on any atom is -0.403 e. The van der Waals surface area contributed by atoms with Crippen LogP contribution in [0.15, 0.2) is 23.0 Å². The number of benzene rings is 1. The number of rotatable bonds is 2. The lowest BCUT2D eigenvalue weighted by atomic mass is 10.0. The molecule has 3 nitrogen and oxygen atoms in total. The van der Waals surface area contributed by atoms with Gasteiger partial charge in [0.1, 0.15) is 0 Å². The quantitative estimate of drug-likeness (QED) is 0.903. The lowest BCUT2D eigenvalue weighted by Crippen LogP contribution is -2.19. The van der Waals surface area contributed by atoms with Gasteiger partial charge >= 0.3 is 6.36 Å². The number of alkyl halides is 3. The Labute approximate surface area is 117 Å². The molecule has 108 valence electrons. The Morgan fingerprint density at radius 1 is 1.25 bits per heavy atom. The summed E-state index contributed by atoms with van der Waals surface area (Å²) in [6, 6.07) is 4.01. The van der Waals surface area contributed by atoms with Crippen LogP contribution in [0, 0.1) is 0 Å². The van der Waals surface area contributed by atoms with E-state index in [0.717, 1.165) is 6.07 Å². The molecule has 2 aromatic rings. The second-order valence-corrected chi connectivity index (χ2v) is 5.06. The zero-order chi connectivity index (χ0) is 15.1. The normalized spacial score (nSPS) is 12.2. The van der Waals surface area contributed by atoms with Gasteiger partial charge in [-0.25, -0.2) is 0 Å². The van der Waals surface area contributed by atoms with Gasteiger partial charge in [0.2, 0.25) is 0 Å². The molecule has 0 amide bonds. The molecule has 0 radical (unpaired) electrons. The Kier molecular flexibility index (Phi) is 3.69. The molecule has 0 saturated carbocycles. The summed E-state index contributed by atoms with van der Waals surface area (Å²) in [6.07, 6.45) is -4.86. The first-order valence-electron chi connectivity index (χ1n) is 5.79. The number of hydrogen-bond acceptors (Lipinski definition) is 2. The minimum absolute atomic E-state index is 0.0267. The maximum atomic E-state index is 12.4. The lowest BCUT2D eigenvalue weighted by Gasteiger charge is -2.13. The first-order valence-corrected chi connectivity index (χ1v) is 6.17. The molecule has 0 atom stereocenters. The molecular weight excluding hydrogens is 295 g/mol. The van der Waals surface area contributed by atoms with Crippen molar-refractivity contribution in [3.8, 4) is 5.75 Å². The van der Waals surface area contributed by atoms with Crippen LogP contribution in [0.1, 0.15) is 25.3 Å². The highest BCUT2D eigenvalue weighted by atomic mass is 35.5. The molecule has 0 bridgehead atoms. The molecule has 1 aromatic carbocycles. The molecule has 1 N–H and O–H groups in total. The molecule has 0 aliphatic carbocycles. The number of aromatic amines is 1. The van der Waals surface area contributed by atoms with Gasteiger partial charge in [-0.2, -0.15) is 0 Å². The van der Waals surface area contributed by atoms with Crippen LogP contribution in [0.25, 0.3) is 10.9 Å². The largest absolute Gasteiger partial charge is 0.573 e. The van der Waals surface area contributed by atoms with E-state index in [2.05, 4.69) is 9.72 Å². The SMILES string of the molecule is CC(C)c1cc2cc(Cl)cc(OC(F)(F)F)c2[nH]c1=O. The number of fused-ring (bicyclic) bond motifs is 1. The fraction of sp³-hybridized carbons (Fsp3) is 0.308. The standard InChI is InChI=1S/C13H11ClF3NO2/c1-6(2)9-4-7-3-8(14)5-10(20-13(15,16)17)11(7)18-12(9)19/h3-6H,1-2H3,(H,18,19). The summed E-state index contributed by atoms with van der Waals surface area (Å²) in [5.41, 5.74) is 0.000646. The van der Waals surface area contributed by atoms with Gasteiger partial charge in [-0.05, 0) is 18.1 Å². The van der Waals surface area contributed by atoms with Gasteiger partial charge in [0, 0.05) is 22.0 Å². The van der Waals surface area contributed by atoms with Gasteiger partial charge in [0.15, 0.2) is 5.75 Å². The lowest BCUT2D eigenvalue weighted by molar-refractivity contribution is -0.274. The summed E-state index contributed by atoms with van der Waals surface area (Å²) in [6.45, 7) is 3.63. The number of H-pyrrole nitrogens is 1. The molecule has 0 aliphatic heterocycles. The molecule has 0 saturated heterocycles. The van der Waals surface area contributed by atoms with Crippen molar-refractivity contribution < 1.29 is 17.9 Å². The van der Waals surface area contributed by atoms with Gasteiger partial charge < -0.3 is 9.72 Å². The second-order valence-electron chi connectivity index (χ2n) is 4.62. The number of ether oxygens (including phenoxy) is 1. The van der Waals surface area contributed by atoms with E-state index in [9.17, 15) is 18.0 Å². The van der Waals surface area contributed by atoms with E-state index in [1.54, 1.807) is 0 Å². The highest BCUT2D eigenvalue weighted by Crippen LogP contribution is 2.32. The first-order chi connectivity index (χ1) is 9.17. The van der Waals surface area contributed by atoms with E-state index >= 15 is 0 Å². The zero-order valence-corrected chi connectivity index (χ0v) is 11.4. The van der Waals surface area contributed by atoms with E-state index in [1.807, 2.05) is 13.8 Å². The van der Waals surface area contributed by atoms with Crippen LogP contribution in [0.3, 0.4) is 0 Å². The maximum Gasteiger partial charge on any atom is 0.573 e. The van der Waals surface area contributed by atoms with Gasteiger partial charge in [-0.1, -0.05) is 25.4 Å². The molecule has 1 aromatic heterocycles. The topological polar surface area (TPSA) is 42.1 Å². The number of halogens is 4. The van der Waals surface area contributed by atoms with Gasteiger partial charge in [0.25, 0.3) is 5.56 Å².